The van der Waals surface area contributed by atoms with E-state index in [1.54, 1.807) is 0 Å². The largest absolute Gasteiger partial charge is 0.378 e. The predicted molar refractivity (Wildman–Crippen MR) is 77.0 cm³/mol. The summed E-state index contributed by atoms with van der Waals surface area (Å²) in [4.78, 5) is 13.9. The third kappa shape index (κ3) is 7.50. The van der Waals surface area contributed by atoms with Gasteiger partial charge in [-0.1, -0.05) is 0 Å². The fourth-order valence-electron chi connectivity index (χ4n) is 2.29. The van der Waals surface area contributed by atoms with E-state index in [9.17, 15) is 4.79 Å². The van der Waals surface area contributed by atoms with Gasteiger partial charge in [0.1, 0.15) is 0 Å². The van der Waals surface area contributed by atoms with Gasteiger partial charge >= 0.3 is 0 Å². The van der Waals surface area contributed by atoms with E-state index in [-0.39, 0.29) is 11.9 Å². The van der Waals surface area contributed by atoms with Crippen molar-refractivity contribution in [2.45, 2.75) is 51.7 Å². The number of nitrogens with one attached hydrogen (secondary N) is 1. The summed E-state index contributed by atoms with van der Waals surface area (Å²) in [5, 5.41) is 2.92. The van der Waals surface area contributed by atoms with E-state index in [0.717, 1.165) is 45.5 Å². The number of nitrogens with two attached hydrogens (primary N) is 1. The smallest absolute Gasteiger partial charge is 0.221 e. The molecule has 0 saturated carbocycles. The molecule has 1 rings (SSSR count). The highest BCUT2D eigenvalue weighted by Gasteiger charge is 2.19. The molecule has 0 unspecified atom stereocenters. The molecule has 3 N–H and O–H groups in total. The summed E-state index contributed by atoms with van der Waals surface area (Å²) < 4.78 is 5.76. The molecule has 0 bridgehead atoms. The lowest BCUT2D eigenvalue weighted by molar-refractivity contribution is -0.122. The Balaban J connectivity index is 2.08. The van der Waals surface area contributed by atoms with E-state index in [0.29, 0.717) is 19.1 Å². The van der Waals surface area contributed by atoms with Gasteiger partial charge in [-0.25, -0.2) is 0 Å². The molecule has 0 aromatic rings. The zero-order chi connectivity index (χ0) is 14.1. The Bertz CT molecular complexity index is 251. The van der Waals surface area contributed by atoms with Crippen molar-refractivity contribution in [3.8, 4) is 0 Å². The first-order chi connectivity index (χ1) is 9.11. The molecule has 0 atom stereocenters. The molecule has 1 saturated heterocycles. The van der Waals surface area contributed by atoms with Gasteiger partial charge in [-0.05, 0) is 39.7 Å². The van der Waals surface area contributed by atoms with Crippen molar-refractivity contribution in [2.75, 3.05) is 32.8 Å². The van der Waals surface area contributed by atoms with E-state index in [2.05, 4.69) is 10.2 Å². The third-order valence-electron chi connectivity index (χ3n) is 3.34. The Labute approximate surface area is 116 Å². The maximum Gasteiger partial charge on any atom is 0.221 e. The van der Waals surface area contributed by atoms with Crippen molar-refractivity contribution in [3.05, 3.63) is 0 Å². The highest BCUT2D eigenvalue weighted by molar-refractivity contribution is 5.76. The van der Waals surface area contributed by atoms with Crippen LogP contribution in [0.1, 0.15) is 39.5 Å². The highest BCUT2D eigenvalue weighted by atomic mass is 16.5. The summed E-state index contributed by atoms with van der Waals surface area (Å²) in [5.41, 5.74) is 5.44. The number of amides is 1. The first kappa shape index (κ1) is 16.4. The van der Waals surface area contributed by atoms with Crippen LogP contribution in [0.3, 0.4) is 0 Å². The van der Waals surface area contributed by atoms with Gasteiger partial charge in [-0.15, -0.1) is 0 Å². The molecular weight excluding hydrogens is 242 g/mol. The van der Waals surface area contributed by atoms with Gasteiger partial charge in [-0.2, -0.15) is 0 Å². The second-order valence-corrected chi connectivity index (χ2v) is 5.53. The minimum Gasteiger partial charge on any atom is -0.378 e. The highest BCUT2D eigenvalue weighted by Crippen LogP contribution is 2.14. The average Bonchev–Trinajstić information content (AvgIpc) is 2.37. The number of carbonyl (C=O) groups excluding carboxylic acids is 1. The summed E-state index contributed by atoms with van der Waals surface area (Å²) in [6, 6.07) is 0.231. The van der Waals surface area contributed by atoms with Crippen LogP contribution in [-0.2, 0) is 9.53 Å². The lowest BCUT2D eigenvalue weighted by atomic mass is 10.1. The maximum atomic E-state index is 11.6. The Morgan fingerprint density at radius 1 is 1.42 bits per heavy atom. The maximum absolute atomic E-state index is 11.6. The van der Waals surface area contributed by atoms with E-state index < -0.39 is 0 Å². The Hall–Kier alpha value is -0.650. The summed E-state index contributed by atoms with van der Waals surface area (Å²) in [5.74, 6) is 0.149. The van der Waals surface area contributed by atoms with Gasteiger partial charge in [0, 0.05) is 38.7 Å². The van der Waals surface area contributed by atoms with Crippen molar-refractivity contribution in [2.24, 2.45) is 5.73 Å². The molecule has 19 heavy (non-hydrogen) atoms. The lowest BCUT2D eigenvalue weighted by Crippen LogP contribution is -2.40. The van der Waals surface area contributed by atoms with Crippen LogP contribution in [0.4, 0.5) is 0 Å². The molecule has 1 aliphatic rings. The molecule has 112 valence electrons. The molecule has 5 heteroatoms. The second kappa shape index (κ2) is 9.28. The number of carbonyl (C=O) groups is 1. The van der Waals surface area contributed by atoms with Gasteiger partial charge in [0.25, 0.3) is 0 Å². The molecule has 0 aliphatic carbocycles. The summed E-state index contributed by atoms with van der Waals surface area (Å²) >= 11 is 0. The Kier molecular flexibility index (Phi) is 8.02. The molecule has 1 fully saturated rings. The fraction of sp³-hybridized carbons (Fsp3) is 0.929. The molecule has 5 nitrogen and oxygen atoms in total. The molecule has 0 radical (unpaired) electrons. The van der Waals surface area contributed by atoms with Crippen LogP contribution in [0, 0.1) is 0 Å². The number of hydrogen-bond donors (Lipinski definition) is 2. The predicted octanol–water partition coefficient (Wildman–Crippen LogP) is 0.731. The van der Waals surface area contributed by atoms with Crippen molar-refractivity contribution in [3.63, 3.8) is 0 Å². The van der Waals surface area contributed by atoms with Gasteiger partial charge < -0.3 is 20.7 Å². The minimum absolute atomic E-state index is 0.149. The SMILES string of the molecule is CC(C)NC(=O)CCN1CCC(OCCCN)CC1. The van der Waals surface area contributed by atoms with Gasteiger partial charge in [-0.3, -0.25) is 4.79 Å². The van der Waals surface area contributed by atoms with E-state index in [1.165, 1.54) is 0 Å². The average molecular weight is 271 g/mol. The van der Waals surface area contributed by atoms with Crippen LogP contribution in [0.2, 0.25) is 0 Å². The monoisotopic (exact) mass is 271 g/mol. The summed E-state index contributed by atoms with van der Waals surface area (Å²) in [7, 11) is 0. The standard InChI is InChI=1S/C14H29N3O2/c1-12(2)16-14(18)6-10-17-8-4-13(5-9-17)19-11-3-7-15/h12-13H,3-11,15H2,1-2H3,(H,16,18). The quantitative estimate of drug-likeness (QED) is 0.639. The Morgan fingerprint density at radius 3 is 2.68 bits per heavy atom. The van der Waals surface area contributed by atoms with E-state index in [4.69, 9.17) is 10.5 Å². The molecule has 1 aliphatic heterocycles. The van der Waals surface area contributed by atoms with Gasteiger partial charge in [0.05, 0.1) is 6.10 Å². The van der Waals surface area contributed by atoms with E-state index in [1.807, 2.05) is 13.8 Å². The second-order valence-electron chi connectivity index (χ2n) is 5.53. The topological polar surface area (TPSA) is 67.6 Å². The van der Waals surface area contributed by atoms with Crippen LogP contribution < -0.4 is 11.1 Å². The van der Waals surface area contributed by atoms with E-state index >= 15 is 0 Å². The summed E-state index contributed by atoms with van der Waals surface area (Å²) in [6.45, 7) is 8.37. The first-order valence-corrected chi connectivity index (χ1v) is 7.45. The fourth-order valence-corrected chi connectivity index (χ4v) is 2.29. The molecular formula is C14H29N3O2. The van der Waals surface area contributed by atoms with Crippen molar-refractivity contribution in [1.82, 2.24) is 10.2 Å². The zero-order valence-corrected chi connectivity index (χ0v) is 12.4. The first-order valence-electron chi connectivity index (χ1n) is 7.45. The normalized spacial score (nSPS) is 17.9. The molecule has 0 aromatic carbocycles. The van der Waals surface area contributed by atoms with Gasteiger partial charge in [0.2, 0.25) is 5.91 Å². The van der Waals surface area contributed by atoms with Crippen molar-refractivity contribution >= 4 is 5.91 Å². The number of nitrogens with zero attached hydrogens (tertiary/aromatic N) is 1. The van der Waals surface area contributed by atoms with Crippen LogP contribution >= 0.6 is 0 Å². The molecule has 0 spiro atoms. The molecule has 1 amide bonds. The molecule has 0 aromatic heterocycles. The third-order valence-corrected chi connectivity index (χ3v) is 3.34. The van der Waals surface area contributed by atoms with Gasteiger partial charge in [0.15, 0.2) is 0 Å². The van der Waals surface area contributed by atoms with Crippen LogP contribution in [0.25, 0.3) is 0 Å². The Morgan fingerprint density at radius 2 is 2.11 bits per heavy atom. The number of ether oxygens (including phenoxy) is 1. The number of piperidine rings is 1. The summed E-state index contributed by atoms with van der Waals surface area (Å²) in [6.07, 6.45) is 4.05. The number of likely N-dealkylation sites (tertiary alicyclic amines) is 1. The van der Waals surface area contributed by atoms with Crippen LogP contribution in [0.15, 0.2) is 0 Å². The van der Waals surface area contributed by atoms with Crippen molar-refractivity contribution in [1.29, 1.82) is 0 Å². The minimum atomic E-state index is 0.149. The number of rotatable bonds is 8. The molecule has 1 heterocycles. The van der Waals surface area contributed by atoms with Crippen LogP contribution in [-0.4, -0.2) is 55.7 Å². The van der Waals surface area contributed by atoms with Crippen LogP contribution in [0.5, 0.6) is 0 Å². The lowest BCUT2D eigenvalue weighted by Gasteiger charge is -2.31. The number of hydrogen-bond acceptors (Lipinski definition) is 4. The van der Waals surface area contributed by atoms with Crippen molar-refractivity contribution < 1.29 is 9.53 Å². The zero-order valence-electron chi connectivity index (χ0n) is 12.4.